The molecule has 0 fully saturated rings. The zero-order valence-corrected chi connectivity index (χ0v) is 32.3. The van der Waals surface area contributed by atoms with Crippen molar-refractivity contribution in [3.63, 3.8) is 0 Å². The van der Waals surface area contributed by atoms with Gasteiger partial charge in [-0.05, 0) is 42.0 Å². The van der Waals surface area contributed by atoms with Gasteiger partial charge >= 0.3 is 7.75 Å². The fourth-order valence-electron chi connectivity index (χ4n) is 9.01. The number of aromatic nitrogens is 3. The van der Waals surface area contributed by atoms with E-state index in [0.717, 1.165) is 32.3 Å². The van der Waals surface area contributed by atoms with Crippen molar-refractivity contribution in [3.8, 4) is 39.8 Å². The van der Waals surface area contributed by atoms with Crippen molar-refractivity contribution in [2.75, 3.05) is 5.32 Å². The maximum absolute atomic E-state index is 14.3. The summed E-state index contributed by atoms with van der Waals surface area (Å²) in [6.45, 7) is 7.28. The van der Waals surface area contributed by atoms with E-state index >= 15 is 0 Å². The minimum Gasteiger partial charge on any atom is -0.469 e. The number of amides is 2. The summed E-state index contributed by atoms with van der Waals surface area (Å²) in [5, 5.41) is 21.3. The quantitative estimate of drug-likeness (QED) is 0.111. The third kappa shape index (κ3) is 4.92. The molecule has 0 saturated heterocycles. The van der Waals surface area contributed by atoms with Crippen LogP contribution in [0.15, 0.2) is 75.8 Å². The lowest BCUT2D eigenvalue weighted by Gasteiger charge is -2.30. The van der Waals surface area contributed by atoms with E-state index in [4.69, 9.17) is 23.5 Å². The molecule has 292 valence electrons. The first kappa shape index (κ1) is 35.7. The third-order valence-corrected chi connectivity index (χ3v) is 13.0. The van der Waals surface area contributed by atoms with E-state index < -0.39 is 48.9 Å². The highest BCUT2D eigenvalue weighted by Gasteiger charge is 2.61. The van der Waals surface area contributed by atoms with Gasteiger partial charge in [0.1, 0.15) is 28.8 Å². The fourth-order valence-corrected chi connectivity index (χ4v) is 9.73. The molecule has 4 aliphatic rings. The fraction of sp³-hybridized carbons (Fsp3) is 0.317. The van der Waals surface area contributed by atoms with Gasteiger partial charge in [-0.25, -0.2) is 14.5 Å². The van der Waals surface area contributed by atoms with Crippen molar-refractivity contribution in [1.82, 2.24) is 24.9 Å². The molecule has 0 saturated carbocycles. The number of hydrogen-bond donors (Lipinski definition) is 6. The molecule has 15 nitrogen and oxygen atoms in total. The second-order valence-corrected chi connectivity index (χ2v) is 17.0. The Hall–Kier alpha value is -5.73. The van der Waals surface area contributed by atoms with E-state index in [1.807, 2.05) is 56.3 Å². The summed E-state index contributed by atoms with van der Waals surface area (Å²) in [4.78, 5) is 58.6. The Morgan fingerprint density at radius 2 is 1.82 bits per heavy atom. The summed E-state index contributed by atoms with van der Waals surface area (Å²) in [7, 11) is -4.82. The highest BCUT2D eigenvalue weighted by molar-refractivity contribution is 7.50. The van der Waals surface area contributed by atoms with Crippen molar-refractivity contribution in [2.45, 2.75) is 76.3 Å². The van der Waals surface area contributed by atoms with Crippen LogP contribution in [-0.2, 0) is 26.0 Å². The van der Waals surface area contributed by atoms with Gasteiger partial charge in [-0.2, -0.15) is 0 Å². The first-order valence-corrected chi connectivity index (χ1v) is 20.6. The van der Waals surface area contributed by atoms with E-state index in [-0.39, 0.29) is 48.4 Å². The van der Waals surface area contributed by atoms with Gasteiger partial charge in [0.2, 0.25) is 17.7 Å². The Kier molecular flexibility index (Phi) is 7.60. The van der Waals surface area contributed by atoms with Crippen LogP contribution < -0.4 is 20.7 Å². The Balaban J connectivity index is 1.28. The molecule has 10 rings (SSSR count). The number of aliphatic hydroxyl groups is 1. The zero-order valence-electron chi connectivity index (χ0n) is 31.4. The van der Waals surface area contributed by atoms with Crippen LogP contribution in [0.2, 0.25) is 0 Å². The maximum Gasteiger partial charge on any atom is 0.434 e. The van der Waals surface area contributed by atoms with E-state index in [9.17, 15) is 29.0 Å². The number of para-hydroxylation sites is 1. The Bertz CT molecular complexity index is 2740. The summed E-state index contributed by atoms with van der Waals surface area (Å²) in [6.07, 6.45) is 2.54. The molecular formula is C41H39N6O9P. The summed E-state index contributed by atoms with van der Waals surface area (Å²) in [5.74, 6) is 0.0506. The number of oxazole rings is 2. The van der Waals surface area contributed by atoms with Crippen molar-refractivity contribution in [2.24, 2.45) is 5.92 Å². The number of carbonyl (C=O) groups is 2. The van der Waals surface area contributed by atoms with Gasteiger partial charge in [0.05, 0.1) is 11.7 Å². The Morgan fingerprint density at radius 3 is 2.58 bits per heavy atom. The molecule has 0 radical (unpaired) electrons. The average molecular weight is 791 g/mol. The topological polar surface area (TPSA) is 214 Å². The SMILES string of the molecule is CCC(O)(CC)C(=O)NC1Cc2ccc3c(c2)C24c5cccc(c5NC2O3)-c2cccc3c2c(cn3P(=O)(O)O)-c2cnc(o2)-c2nc(oc24)C(C(C)C)NC1=O. The first-order chi connectivity index (χ1) is 27.3. The summed E-state index contributed by atoms with van der Waals surface area (Å²) >= 11 is 0. The van der Waals surface area contributed by atoms with Crippen LogP contribution in [0.25, 0.3) is 44.9 Å². The van der Waals surface area contributed by atoms with Crippen LogP contribution >= 0.6 is 7.75 Å². The minimum atomic E-state index is -4.82. The molecule has 7 heterocycles. The van der Waals surface area contributed by atoms with Crippen molar-refractivity contribution < 1.29 is 42.6 Å². The van der Waals surface area contributed by atoms with E-state index in [0.29, 0.717) is 33.5 Å². The van der Waals surface area contributed by atoms with Crippen molar-refractivity contribution in [3.05, 3.63) is 95.3 Å². The molecule has 3 aromatic heterocycles. The molecule has 4 unspecified atom stereocenters. The van der Waals surface area contributed by atoms with E-state index in [1.165, 1.54) is 12.4 Å². The molecule has 4 aliphatic heterocycles. The largest absolute Gasteiger partial charge is 0.469 e. The first-order valence-electron chi connectivity index (χ1n) is 19.0. The number of fused-ring (bicyclic) bond motifs is 7. The van der Waals surface area contributed by atoms with Crippen LogP contribution in [0.4, 0.5) is 5.69 Å². The highest BCUT2D eigenvalue weighted by Crippen LogP contribution is 2.62. The van der Waals surface area contributed by atoms with Gasteiger partial charge in [0.15, 0.2) is 23.4 Å². The van der Waals surface area contributed by atoms with Crippen LogP contribution in [-0.4, -0.2) is 58.9 Å². The standard InChI is InChI=1S/C41H39N6O9P/c1-5-40(50,6-2)38(49)43-26-16-20-13-14-28-25(15-20)41-24-11-7-10-22(32(24)46-39(41)55-28)21-9-8-12-27-30(21)23(18-47(27)57(51,52)53)29-17-42-36(54-29)33-34(41)56-37(45-33)31(19(3)4)44-35(26)48/h7-15,17-19,26,31,39,46,50H,5-6,16H2,1-4H3,(H,43,49)(H,44,48)(H2,51,52,53). The molecule has 1 spiro atoms. The third-order valence-electron chi connectivity index (χ3n) is 12.1. The monoisotopic (exact) mass is 790 g/mol. The maximum atomic E-state index is 14.3. The van der Waals surface area contributed by atoms with Crippen LogP contribution in [0.1, 0.15) is 74.9 Å². The lowest BCUT2D eigenvalue weighted by molar-refractivity contribution is -0.143. The zero-order chi connectivity index (χ0) is 39.8. The molecule has 6 N–H and O–H groups in total. The molecule has 2 amide bonds. The summed E-state index contributed by atoms with van der Waals surface area (Å²) in [5.41, 5.74) is 2.49. The van der Waals surface area contributed by atoms with Gasteiger partial charge < -0.3 is 44.4 Å². The lowest BCUT2D eigenvalue weighted by Crippen LogP contribution is -2.55. The number of ether oxygens (including phenoxy) is 1. The van der Waals surface area contributed by atoms with Gasteiger partial charge in [0.25, 0.3) is 5.91 Å². The molecule has 57 heavy (non-hydrogen) atoms. The number of hydrogen-bond acceptors (Lipinski definition) is 10. The molecule has 0 aliphatic carbocycles. The van der Waals surface area contributed by atoms with Gasteiger partial charge in [-0.3, -0.25) is 13.9 Å². The van der Waals surface area contributed by atoms with Gasteiger partial charge in [-0.1, -0.05) is 70.2 Å². The number of nitrogens with zero attached hydrogens (tertiary/aromatic N) is 3. The average Bonchev–Trinajstić information content (AvgIpc) is 4.01. The number of anilines is 1. The second kappa shape index (κ2) is 12.1. The number of rotatable bonds is 6. The van der Waals surface area contributed by atoms with E-state index in [2.05, 4.69) is 16.0 Å². The lowest BCUT2D eigenvalue weighted by atomic mass is 9.72. The van der Waals surface area contributed by atoms with Crippen LogP contribution in [0, 0.1) is 5.92 Å². The molecule has 3 aromatic carbocycles. The number of benzene rings is 3. The molecular weight excluding hydrogens is 751 g/mol. The molecule has 16 heteroatoms. The molecule has 6 aromatic rings. The predicted molar refractivity (Wildman–Crippen MR) is 207 cm³/mol. The Labute approximate surface area is 325 Å². The normalized spacial score (nSPS) is 21.6. The second-order valence-electron chi connectivity index (χ2n) is 15.6. The van der Waals surface area contributed by atoms with E-state index in [1.54, 1.807) is 26.0 Å². The van der Waals surface area contributed by atoms with Crippen LogP contribution in [0.3, 0.4) is 0 Å². The van der Waals surface area contributed by atoms with Gasteiger partial charge in [0, 0.05) is 45.9 Å². The minimum absolute atomic E-state index is 0.0831. The van der Waals surface area contributed by atoms with Crippen molar-refractivity contribution in [1.29, 1.82) is 0 Å². The molecule has 4 atom stereocenters. The number of nitrogens with one attached hydrogen (secondary N) is 3. The smallest absolute Gasteiger partial charge is 0.434 e. The van der Waals surface area contributed by atoms with Crippen molar-refractivity contribution >= 4 is 36.2 Å². The highest BCUT2D eigenvalue weighted by atomic mass is 31.2. The molecule has 10 bridgehead atoms. The predicted octanol–water partition coefficient (Wildman–Crippen LogP) is 5.76. The summed E-state index contributed by atoms with van der Waals surface area (Å²) < 4.78 is 34.1. The van der Waals surface area contributed by atoms with Crippen LogP contribution in [0.5, 0.6) is 5.75 Å². The number of carbonyl (C=O) groups excluding carboxylic acids is 2. The Morgan fingerprint density at radius 1 is 1.05 bits per heavy atom. The van der Waals surface area contributed by atoms with Gasteiger partial charge in [-0.15, -0.1) is 0 Å². The summed E-state index contributed by atoms with van der Waals surface area (Å²) in [6, 6.07) is 15.0.